The Bertz CT molecular complexity index is 1460. The quantitative estimate of drug-likeness (QED) is 0.373. The molecule has 0 radical (unpaired) electrons. The number of halogens is 3. The molecule has 3 N–H and O–H groups in total. The minimum absolute atomic E-state index is 0.0417. The lowest BCUT2D eigenvalue weighted by Crippen LogP contribution is -2.46. The lowest BCUT2D eigenvalue weighted by Gasteiger charge is -2.35. The van der Waals surface area contributed by atoms with Crippen molar-refractivity contribution in [3.05, 3.63) is 59.8 Å². The Labute approximate surface area is 236 Å². The van der Waals surface area contributed by atoms with Gasteiger partial charge < -0.3 is 25.6 Å². The Kier molecular flexibility index (Phi) is 7.64. The summed E-state index contributed by atoms with van der Waals surface area (Å²) in [7, 11) is 0. The molecule has 41 heavy (non-hydrogen) atoms. The third-order valence-corrected chi connectivity index (χ3v) is 6.82. The Hall–Kier alpha value is -4.50. The molecule has 1 saturated heterocycles. The van der Waals surface area contributed by atoms with Crippen LogP contribution in [0.15, 0.2) is 48.7 Å². The first-order valence-corrected chi connectivity index (χ1v) is 13.1. The Morgan fingerprint density at radius 2 is 1.83 bits per heavy atom. The van der Waals surface area contributed by atoms with Crippen molar-refractivity contribution in [2.24, 2.45) is 0 Å². The molecule has 1 fully saturated rings. The zero-order chi connectivity index (χ0) is 29.2. The summed E-state index contributed by atoms with van der Waals surface area (Å²) in [5.74, 6) is 1.92. The first-order chi connectivity index (χ1) is 19.5. The molecule has 1 amide bonds. The van der Waals surface area contributed by atoms with E-state index in [2.05, 4.69) is 41.6 Å². The number of amides is 1. The standard InChI is InChI=1S/C29H30F3N7O2/c1-4-12-38-13-15-39(16-14-38)20-10-8-19(9-11-20)34-27-33-17-21(29(30,31)32)25(36-27)35-22-6-5-7-23-24(22)26(40)37-28(2,3)18-41-23/h1,5-11,17H,12-16,18H2,2-3H3,(H,37,40)(H2,33,34,35,36). The highest BCUT2D eigenvalue weighted by Gasteiger charge is 2.36. The van der Waals surface area contributed by atoms with Crippen LogP contribution < -0.4 is 25.6 Å². The summed E-state index contributed by atoms with van der Waals surface area (Å²) in [6.07, 6.45) is 1.38. The van der Waals surface area contributed by atoms with Crippen molar-refractivity contribution in [2.75, 3.05) is 54.9 Å². The molecule has 3 heterocycles. The van der Waals surface area contributed by atoms with Gasteiger partial charge in [-0.2, -0.15) is 18.2 Å². The number of alkyl halides is 3. The summed E-state index contributed by atoms with van der Waals surface area (Å²) in [5, 5.41) is 8.52. The first kappa shape index (κ1) is 28.0. The zero-order valence-corrected chi connectivity index (χ0v) is 22.7. The summed E-state index contributed by atoms with van der Waals surface area (Å²) in [4.78, 5) is 25.5. The van der Waals surface area contributed by atoms with Crippen molar-refractivity contribution in [1.82, 2.24) is 20.2 Å². The van der Waals surface area contributed by atoms with Gasteiger partial charge in [0.25, 0.3) is 5.91 Å². The maximum atomic E-state index is 13.9. The first-order valence-electron chi connectivity index (χ1n) is 13.1. The number of hydrogen-bond donors (Lipinski definition) is 3. The van der Waals surface area contributed by atoms with Gasteiger partial charge in [0.1, 0.15) is 29.3 Å². The van der Waals surface area contributed by atoms with E-state index in [1.54, 1.807) is 26.0 Å². The zero-order valence-electron chi connectivity index (χ0n) is 22.7. The summed E-state index contributed by atoms with van der Waals surface area (Å²) in [6.45, 7) is 7.84. The highest BCUT2D eigenvalue weighted by Crippen LogP contribution is 2.38. The maximum Gasteiger partial charge on any atom is 0.421 e. The molecule has 0 unspecified atom stereocenters. The monoisotopic (exact) mass is 565 g/mol. The summed E-state index contributed by atoms with van der Waals surface area (Å²) >= 11 is 0. The van der Waals surface area contributed by atoms with Gasteiger partial charge in [-0.05, 0) is 50.2 Å². The number of nitrogens with one attached hydrogen (secondary N) is 3. The van der Waals surface area contributed by atoms with Gasteiger partial charge >= 0.3 is 6.18 Å². The van der Waals surface area contributed by atoms with Gasteiger partial charge in [0.2, 0.25) is 5.95 Å². The van der Waals surface area contributed by atoms with Crippen molar-refractivity contribution in [1.29, 1.82) is 0 Å². The minimum Gasteiger partial charge on any atom is -0.490 e. The third-order valence-electron chi connectivity index (χ3n) is 6.82. The maximum absolute atomic E-state index is 13.9. The summed E-state index contributed by atoms with van der Waals surface area (Å²) < 4.78 is 47.5. The van der Waals surface area contributed by atoms with Crippen LogP contribution in [0.1, 0.15) is 29.8 Å². The molecule has 2 aliphatic heterocycles. The van der Waals surface area contributed by atoms with Crippen LogP contribution in [-0.2, 0) is 6.18 Å². The second-order valence-electron chi connectivity index (χ2n) is 10.5. The summed E-state index contributed by atoms with van der Waals surface area (Å²) in [5.41, 5.74) is 0.112. The third kappa shape index (κ3) is 6.47. The number of anilines is 5. The van der Waals surface area contributed by atoms with Crippen molar-refractivity contribution in [3.63, 3.8) is 0 Å². The number of terminal acetylenes is 1. The van der Waals surface area contributed by atoms with Crippen molar-refractivity contribution in [2.45, 2.75) is 25.6 Å². The van der Waals surface area contributed by atoms with Crippen molar-refractivity contribution in [3.8, 4) is 18.1 Å². The molecule has 12 heteroatoms. The van der Waals surface area contributed by atoms with E-state index in [4.69, 9.17) is 11.2 Å². The van der Waals surface area contributed by atoms with E-state index in [0.717, 1.165) is 31.9 Å². The van der Waals surface area contributed by atoms with Gasteiger partial charge in [0.05, 0.1) is 17.8 Å². The number of rotatable bonds is 6. The van der Waals surface area contributed by atoms with Crippen molar-refractivity contribution >= 4 is 34.7 Å². The average molecular weight is 566 g/mol. The topological polar surface area (TPSA) is 94.7 Å². The highest BCUT2D eigenvalue weighted by molar-refractivity contribution is 6.03. The number of carbonyl (C=O) groups is 1. The number of benzene rings is 2. The van der Waals surface area contributed by atoms with Crippen LogP contribution in [0, 0.1) is 12.3 Å². The molecule has 214 valence electrons. The Morgan fingerprint density at radius 3 is 2.51 bits per heavy atom. The van der Waals surface area contributed by atoms with Crippen LogP contribution >= 0.6 is 0 Å². The fourth-order valence-corrected chi connectivity index (χ4v) is 4.70. The SMILES string of the molecule is C#CCN1CCN(c2ccc(Nc3ncc(C(F)(F)F)c(Nc4cccc5c4C(=O)NC(C)(C)CO5)n3)cc2)CC1. The molecule has 5 rings (SSSR count). The lowest BCUT2D eigenvalue weighted by molar-refractivity contribution is -0.137. The van der Waals surface area contributed by atoms with Crippen LogP contribution in [0.5, 0.6) is 5.75 Å². The largest absolute Gasteiger partial charge is 0.490 e. The molecule has 0 spiro atoms. The molecule has 0 atom stereocenters. The second kappa shape index (κ2) is 11.2. The van der Waals surface area contributed by atoms with Gasteiger partial charge in [-0.1, -0.05) is 12.0 Å². The molecular weight excluding hydrogens is 535 g/mol. The lowest BCUT2D eigenvalue weighted by atomic mass is 10.1. The molecule has 2 aliphatic rings. The van der Waals surface area contributed by atoms with E-state index in [-0.39, 0.29) is 29.6 Å². The van der Waals surface area contributed by atoms with E-state index >= 15 is 0 Å². The Morgan fingerprint density at radius 1 is 1.10 bits per heavy atom. The van der Waals surface area contributed by atoms with E-state index in [9.17, 15) is 18.0 Å². The van der Waals surface area contributed by atoms with Crippen LogP contribution in [0.2, 0.25) is 0 Å². The number of fused-ring (bicyclic) bond motifs is 1. The predicted octanol–water partition coefficient (Wildman–Crippen LogP) is 4.64. The molecule has 0 saturated carbocycles. The van der Waals surface area contributed by atoms with Crippen LogP contribution in [0.3, 0.4) is 0 Å². The normalized spacial score (nSPS) is 17.0. The van der Waals surface area contributed by atoms with Crippen LogP contribution in [-0.4, -0.2) is 65.6 Å². The van der Waals surface area contributed by atoms with E-state index in [1.165, 1.54) is 6.07 Å². The molecule has 0 bridgehead atoms. The van der Waals surface area contributed by atoms with Crippen molar-refractivity contribution < 1.29 is 22.7 Å². The fourth-order valence-electron chi connectivity index (χ4n) is 4.70. The number of carbonyl (C=O) groups excluding carboxylic acids is 1. The molecule has 2 aromatic carbocycles. The van der Waals surface area contributed by atoms with Gasteiger partial charge in [-0.15, -0.1) is 6.42 Å². The summed E-state index contributed by atoms with van der Waals surface area (Å²) in [6, 6.07) is 12.2. The number of aromatic nitrogens is 2. The molecule has 9 nitrogen and oxygen atoms in total. The average Bonchev–Trinajstić information content (AvgIpc) is 3.04. The van der Waals surface area contributed by atoms with Gasteiger partial charge in [-0.25, -0.2) is 4.98 Å². The predicted molar refractivity (Wildman–Crippen MR) is 151 cm³/mol. The molecule has 1 aromatic heterocycles. The van der Waals surface area contributed by atoms with E-state index < -0.39 is 29.0 Å². The van der Waals surface area contributed by atoms with E-state index in [1.807, 2.05) is 24.3 Å². The fraction of sp³-hybridized carbons (Fsp3) is 0.345. The van der Waals surface area contributed by atoms with Gasteiger partial charge in [0, 0.05) is 43.8 Å². The van der Waals surface area contributed by atoms with Crippen LogP contribution in [0.25, 0.3) is 0 Å². The smallest absolute Gasteiger partial charge is 0.421 e. The number of hydrogen-bond acceptors (Lipinski definition) is 8. The Balaban J connectivity index is 1.37. The number of piperazine rings is 1. The molecule has 0 aliphatic carbocycles. The second-order valence-corrected chi connectivity index (χ2v) is 10.5. The van der Waals surface area contributed by atoms with Gasteiger partial charge in [-0.3, -0.25) is 9.69 Å². The van der Waals surface area contributed by atoms with Gasteiger partial charge in [0.15, 0.2) is 0 Å². The highest BCUT2D eigenvalue weighted by atomic mass is 19.4. The molecule has 3 aromatic rings. The number of nitrogens with zero attached hydrogens (tertiary/aromatic N) is 4. The minimum atomic E-state index is -4.74. The van der Waals surface area contributed by atoms with Crippen LogP contribution in [0.4, 0.5) is 42.0 Å². The number of ether oxygens (including phenoxy) is 1. The van der Waals surface area contributed by atoms with E-state index in [0.29, 0.717) is 18.4 Å². The molecular formula is C29H30F3N7O2.